The predicted molar refractivity (Wildman–Crippen MR) is 126 cm³/mol. The maximum Gasteiger partial charge on any atom is 0.319 e. The van der Waals surface area contributed by atoms with Crippen LogP contribution in [0.1, 0.15) is 58.2 Å². The Balaban J connectivity index is 2.30. The monoisotopic (exact) mass is 440 g/mol. The molecule has 0 aliphatic carbocycles. The number of benzene rings is 2. The molecule has 0 bridgehead atoms. The van der Waals surface area contributed by atoms with Crippen LogP contribution in [-0.4, -0.2) is 23.1 Å². The van der Waals surface area contributed by atoms with Crippen molar-refractivity contribution in [1.82, 2.24) is 0 Å². The summed E-state index contributed by atoms with van der Waals surface area (Å²) in [6, 6.07) is 16.9. The fraction of sp³-hybridized carbons (Fsp3) is 0.423. The maximum absolute atomic E-state index is 13.1. The number of thioether (sulfide) groups is 1. The number of esters is 1. The minimum absolute atomic E-state index is 0.0282. The number of ether oxygens (including phenoxy) is 1. The molecule has 0 N–H and O–H groups in total. The highest BCUT2D eigenvalue weighted by Gasteiger charge is 2.42. The Hall–Kier alpha value is -2.40. The van der Waals surface area contributed by atoms with Crippen LogP contribution in [0.25, 0.3) is 0 Å². The fourth-order valence-electron chi connectivity index (χ4n) is 3.45. The lowest BCUT2D eigenvalue weighted by Gasteiger charge is -2.35. The highest BCUT2D eigenvalue weighted by molar-refractivity contribution is 8.13. The second kappa shape index (κ2) is 9.39. The molecular formula is C26H32O4S. The van der Waals surface area contributed by atoms with Crippen LogP contribution in [0.2, 0.25) is 0 Å². The molecule has 0 fully saturated rings. The van der Waals surface area contributed by atoms with Gasteiger partial charge in [0, 0.05) is 6.42 Å². The summed E-state index contributed by atoms with van der Waals surface area (Å²) >= 11 is 1.18. The molecule has 0 aliphatic rings. The van der Waals surface area contributed by atoms with Crippen LogP contribution in [0.5, 0.6) is 0 Å². The predicted octanol–water partition coefficient (Wildman–Crippen LogP) is 5.47. The molecule has 0 unspecified atom stereocenters. The summed E-state index contributed by atoms with van der Waals surface area (Å²) in [4.78, 5) is 38.6. The largest absolute Gasteiger partial charge is 0.454 e. The Morgan fingerprint density at radius 3 is 1.87 bits per heavy atom. The van der Waals surface area contributed by atoms with E-state index in [1.54, 1.807) is 34.0 Å². The standard InChI is InChI=1S/C26H32O4S/c1-24(2,23(29)31-7)19-15-11-12-16-20(19)26(5,6)30-22(28)25(3,4)21(27)17-18-13-9-8-10-14-18/h8-16H,17H2,1-7H3. The number of rotatable bonds is 8. The Bertz CT molecular complexity index is 958. The summed E-state index contributed by atoms with van der Waals surface area (Å²) in [6.45, 7) is 10.5. The summed E-state index contributed by atoms with van der Waals surface area (Å²) in [5, 5.41) is 0.0282. The molecule has 31 heavy (non-hydrogen) atoms. The first-order chi connectivity index (χ1) is 14.3. The van der Waals surface area contributed by atoms with Crippen LogP contribution >= 0.6 is 11.8 Å². The number of carbonyl (C=O) groups is 3. The third-order valence-corrected chi connectivity index (χ3v) is 6.59. The van der Waals surface area contributed by atoms with Crippen molar-refractivity contribution in [2.75, 3.05) is 6.26 Å². The van der Waals surface area contributed by atoms with Gasteiger partial charge in [0.05, 0.1) is 5.41 Å². The SMILES string of the molecule is CSC(=O)C(C)(C)c1ccccc1C(C)(C)OC(=O)C(C)(C)C(=O)Cc1ccccc1. The van der Waals surface area contributed by atoms with Crippen LogP contribution in [0.15, 0.2) is 54.6 Å². The minimum atomic E-state index is -1.30. The average molecular weight is 441 g/mol. The topological polar surface area (TPSA) is 60.4 Å². The van der Waals surface area contributed by atoms with Crippen molar-refractivity contribution in [2.24, 2.45) is 5.41 Å². The molecule has 0 saturated carbocycles. The maximum atomic E-state index is 13.1. The molecule has 0 spiro atoms. The van der Waals surface area contributed by atoms with Crippen LogP contribution in [0, 0.1) is 5.41 Å². The van der Waals surface area contributed by atoms with Gasteiger partial charge in [-0.2, -0.15) is 0 Å². The third-order valence-electron chi connectivity index (χ3n) is 5.71. The van der Waals surface area contributed by atoms with E-state index in [1.165, 1.54) is 11.8 Å². The molecule has 0 heterocycles. The normalized spacial score (nSPS) is 12.4. The highest BCUT2D eigenvalue weighted by Crippen LogP contribution is 2.38. The van der Waals surface area contributed by atoms with Crippen molar-refractivity contribution in [3.8, 4) is 0 Å². The van der Waals surface area contributed by atoms with Gasteiger partial charge in [0.1, 0.15) is 11.0 Å². The summed E-state index contributed by atoms with van der Waals surface area (Å²) < 4.78 is 5.92. The Kier molecular flexibility index (Phi) is 7.53. The summed E-state index contributed by atoms with van der Waals surface area (Å²) in [5.41, 5.74) is -0.656. The lowest BCUT2D eigenvalue weighted by molar-refractivity contribution is -0.170. The summed E-state index contributed by atoms with van der Waals surface area (Å²) in [7, 11) is 0. The second-order valence-corrected chi connectivity index (χ2v) is 10.1. The molecule has 0 radical (unpaired) electrons. The van der Waals surface area contributed by atoms with Crippen molar-refractivity contribution in [2.45, 2.75) is 59.0 Å². The quantitative estimate of drug-likeness (QED) is 0.402. The molecule has 0 amide bonds. The van der Waals surface area contributed by atoms with E-state index < -0.39 is 22.4 Å². The van der Waals surface area contributed by atoms with Crippen molar-refractivity contribution in [3.05, 3.63) is 71.3 Å². The molecule has 166 valence electrons. The van der Waals surface area contributed by atoms with Gasteiger partial charge in [0.25, 0.3) is 0 Å². The molecule has 4 nitrogen and oxygen atoms in total. The van der Waals surface area contributed by atoms with Crippen LogP contribution in [0.4, 0.5) is 0 Å². The molecule has 0 aromatic heterocycles. The Morgan fingerprint density at radius 2 is 1.32 bits per heavy atom. The van der Waals surface area contributed by atoms with Gasteiger partial charge >= 0.3 is 5.97 Å². The molecule has 2 rings (SSSR count). The van der Waals surface area contributed by atoms with E-state index in [-0.39, 0.29) is 17.3 Å². The van der Waals surface area contributed by atoms with Crippen LogP contribution < -0.4 is 0 Å². The molecule has 2 aromatic carbocycles. The van der Waals surface area contributed by atoms with E-state index in [4.69, 9.17) is 4.74 Å². The summed E-state index contributed by atoms with van der Waals surface area (Å²) in [6.07, 6.45) is 1.92. The van der Waals surface area contributed by atoms with Gasteiger partial charge in [0.2, 0.25) is 0 Å². The van der Waals surface area contributed by atoms with E-state index in [9.17, 15) is 14.4 Å². The number of carbonyl (C=O) groups excluding carboxylic acids is 3. The van der Waals surface area contributed by atoms with E-state index in [0.717, 1.165) is 16.7 Å². The summed E-state index contributed by atoms with van der Waals surface area (Å²) in [5.74, 6) is -0.784. The number of hydrogen-bond donors (Lipinski definition) is 0. The van der Waals surface area contributed by atoms with Crippen LogP contribution in [0.3, 0.4) is 0 Å². The molecular weight excluding hydrogens is 408 g/mol. The molecule has 2 aromatic rings. The van der Waals surface area contributed by atoms with Crippen molar-refractivity contribution in [3.63, 3.8) is 0 Å². The van der Waals surface area contributed by atoms with Gasteiger partial charge in [0.15, 0.2) is 10.9 Å². The molecule has 0 saturated heterocycles. The first-order valence-electron chi connectivity index (χ1n) is 10.3. The smallest absolute Gasteiger partial charge is 0.319 e. The van der Waals surface area contributed by atoms with Gasteiger partial charge < -0.3 is 4.74 Å². The zero-order valence-corrected chi connectivity index (χ0v) is 20.3. The average Bonchev–Trinajstić information content (AvgIpc) is 2.73. The third kappa shape index (κ3) is 5.45. The number of hydrogen-bond acceptors (Lipinski definition) is 5. The second-order valence-electron chi connectivity index (χ2n) is 9.27. The van der Waals surface area contributed by atoms with Crippen molar-refractivity contribution in [1.29, 1.82) is 0 Å². The zero-order valence-electron chi connectivity index (χ0n) is 19.4. The van der Waals surface area contributed by atoms with E-state index in [2.05, 4.69) is 0 Å². The first-order valence-corrected chi connectivity index (χ1v) is 11.6. The highest BCUT2D eigenvalue weighted by atomic mass is 32.2. The van der Waals surface area contributed by atoms with Gasteiger partial charge in [-0.3, -0.25) is 14.4 Å². The van der Waals surface area contributed by atoms with Gasteiger partial charge in [-0.25, -0.2) is 0 Å². The van der Waals surface area contributed by atoms with Crippen LogP contribution in [-0.2, 0) is 36.6 Å². The molecule has 0 atom stereocenters. The lowest BCUT2D eigenvalue weighted by Crippen LogP contribution is -2.41. The first kappa shape index (κ1) is 24.9. The van der Waals surface area contributed by atoms with E-state index in [0.29, 0.717) is 0 Å². The number of Topliss-reactive ketones (excluding diaryl/α,β-unsaturated/α-hetero) is 1. The fourth-order valence-corrected chi connectivity index (χ4v) is 4.07. The van der Waals surface area contributed by atoms with Gasteiger partial charge in [-0.15, -0.1) is 0 Å². The van der Waals surface area contributed by atoms with Gasteiger partial charge in [-0.1, -0.05) is 66.4 Å². The van der Waals surface area contributed by atoms with E-state index >= 15 is 0 Å². The van der Waals surface area contributed by atoms with Crippen molar-refractivity contribution >= 4 is 28.6 Å². The lowest BCUT2D eigenvalue weighted by atomic mass is 9.78. The zero-order chi connectivity index (χ0) is 23.4. The Morgan fingerprint density at radius 1 is 0.806 bits per heavy atom. The number of ketones is 1. The molecule has 5 heteroatoms. The Labute approximate surface area is 189 Å². The van der Waals surface area contributed by atoms with Crippen molar-refractivity contribution < 1.29 is 19.1 Å². The minimum Gasteiger partial charge on any atom is -0.454 e. The molecule has 0 aliphatic heterocycles. The van der Waals surface area contributed by atoms with E-state index in [1.807, 2.05) is 68.4 Å². The van der Waals surface area contributed by atoms with Gasteiger partial charge in [-0.05, 0) is 64.5 Å².